The molecule has 1 aliphatic rings. The summed E-state index contributed by atoms with van der Waals surface area (Å²) in [5.74, 6) is 0.404. The predicted octanol–water partition coefficient (Wildman–Crippen LogP) is 5.15. The number of carbonyl (C=O) groups excluding carboxylic acids is 2. The zero-order chi connectivity index (χ0) is 29.9. The van der Waals surface area contributed by atoms with Crippen molar-refractivity contribution >= 4 is 28.9 Å². The van der Waals surface area contributed by atoms with Crippen LogP contribution >= 0.6 is 0 Å². The van der Waals surface area contributed by atoms with Crippen molar-refractivity contribution in [3.63, 3.8) is 0 Å². The Balaban J connectivity index is 1.26. The number of carbonyl (C=O) groups is 2. The Morgan fingerprint density at radius 1 is 0.744 bits per heavy atom. The van der Waals surface area contributed by atoms with Crippen molar-refractivity contribution < 1.29 is 19.1 Å². The molecule has 1 saturated heterocycles. The van der Waals surface area contributed by atoms with E-state index >= 15 is 0 Å². The molecule has 4 aromatic rings. The molecule has 0 radical (unpaired) electrons. The van der Waals surface area contributed by atoms with E-state index in [-0.39, 0.29) is 18.4 Å². The number of amides is 2. The molecule has 8 nitrogen and oxygen atoms in total. The van der Waals surface area contributed by atoms with Gasteiger partial charge in [0.1, 0.15) is 12.4 Å². The zero-order valence-electron chi connectivity index (χ0n) is 24.5. The Morgan fingerprint density at radius 3 is 2.07 bits per heavy atom. The Morgan fingerprint density at radius 2 is 1.37 bits per heavy atom. The second-order valence-electron chi connectivity index (χ2n) is 10.4. The Kier molecular flexibility index (Phi) is 10.3. The summed E-state index contributed by atoms with van der Waals surface area (Å²) in [6, 6.07) is 33.3. The van der Waals surface area contributed by atoms with E-state index in [2.05, 4.69) is 38.6 Å². The molecule has 0 saturated carbocycles. The van der Waals surface area contributed by atoms with Crippen LogP contribution in [0.15, 0.2) is 103 Å². The van der Waals surface area contributed by atoms with Crippen molar-refractivity contribution in [3.05, 3.63) is 120 Å². The maximum absolute atomic E-state index is 13.5. The molecular weight excluding hydrogens is 540 g/mol. The van der Waals surface area contributed by atoms with Crippen molar-refractivity contribution in [2.24, 2.45) is 0 Å². The standard InChI is InChI=1S/C35H38N4O4/c1-42-33-15-9-8-14-32(33)39-22-20-38(21-23-39)31-17-16-29(37-34(40)26-43-25-28-12-6-3-7-13-28)24-30(31)35(41)36-19-18-27-10-4-2-5-11-27/h2-17,24H,18-23,25-26H2,1H3,(H,36,41)(H,37,40). The largest absolute Gasteiger partial charge is 0.495 e. The highest BCUT2D eigenvalue weighted by Crippen LogP contribution is 2.31. The smallest absolute Gasteiger partial charge is 0.253 e. The second kappa shape index (κ2) is 14.9. The summed E-state index contributed by atoms with van der Waals surface area (Å²) in [5, 5.41) is 5.97. The number of para-hydroxylation sites is 2. The van der Waals surface area contributed by atoms with Gasteiger partial charge in [-0.2, -0.15) is 0 Å². The average molecular weight is 579 g/mol. The van der Waals surface area contributed by atoms with Crippen LogP contribution in [0.4, 0.5) is 17.1 Å². The Bertz CT molecular complexity index is 1490. The summed E-state index contributed by atoms with van der Waals surface area (Å²) in [6.45, 7) is 3.82. The summed E-state index contributed by atoms with van der Waals surface area (Å²) in [4.78, 5) is 30.7. The van der Waals surface area contributed by atoms with Gasteiger partial charge in [-0.25, -0.2) is 0 Å². The summed E-state index contributed by atoms with van der Waals surface area (Å²) in [6.07, 6.45) is 0.731. The molecule has 2 N–H and O–H groups in total. The van der Waals surface area contributed by atoms with E-state index in [4.69, 9.17) is 9.47 Å². The van der Waals surface area contributed by atoms with Crippen molar-refractivity contribution in [1.29, 1.82) is 0 Å². The SMILES string of the molecule is COc1ccccc1N1CCN(c2ccc(NC(=O)COCc3ccccc3)cc2C(=O)NCCc2ccccc2)CC1. The molecule has 1 aliphatic heterocycles. The van der Waals surface area contributed by atoms with Gasteiger partial charge in [-0.15, -0.1) is 0 Å². The van der Waals surface area contributed by atoms with E-state index in [1.165, 1.54) is 0 Å². The van der Waals surface area contributed by atoms with Crippen LogP contribution in [-0.4, -0.2) is 58.3 Å². The Hall–Kier alpha value is -4.82. The second-order valence-corrected chi connectivity index (χ2v) is 10.4. The van der Waals surface area contributed by atoms with Crippen LogP contribution in [0.25, 0.3) is 0 Å². The number of nitrogens with zero attached hydrogens (tertiary/aromatic N) is 2. The monoisotopic (exact) mass is 578 g/mol. The van der Waals surface area contributed by atoms with Crippen LogP contribution in [0.2, 0.25) is 0 Å². The van der Waals surface area contributed by atoms with Crippen LogP contribution < -0.4 is 25.2 Å². The van der Waals surface area contributed by atoms with E-state index in [0.717, 1.165) is 60.9 Å². The number of benzene rings is 4. The highest BCUT2D eigenvalue weighted by Gasteiger charge is 2.24. The van der Waals surface area contributed by atoms with Gasteiger partial charge in [0.05, 0.1) is 25.0 Å². The highest BCUT2D eigenvalue weighted by molar-refractivity contribution is 6.02. The molecule has 1 fully saturated rings. The van der Waals surface area contributed by atoms with Gasteiger partial charge in [0.25, 0.3) is 5.91 Å². The number of hydrogen-bond donors (Lipinski definition) is 2. The van der Waals surface area contributed by atoms with Gasteiger partial charge >= 0.3 is 0 Å². The number of methoxy groups -OCH3 is 1. The van der Waals surface area contributed by atoms with Crippen LogP contribution in [0.1, 0.15) is 21.5 Å². The van der Waals surface area contributed by atoms with Crippen LogP contribution in [0, 0.1) is 0 Å². The number of piperazine rings is 1. The third kappa shape index (κ3) is 8.14. The number of ether oxygens (including phenoxy) is 2. The van der Waals surface area contributed by atoms with Gasteiger partial charge in [0.15, 0.2) is 0 Å². The van der Waals surface area contributed by atoms with E-state index < -0.39 is 0 Å². The topological polar surface area (TPSA) is 83.1 Å². The minimum atomic E-state index is -0.274. The number of hydrogen-bond acceptors (Lipinski definition) is 6. The number of rotatable bonds is 12. The molecule has 222 valence electrons. The lowest BCUT2D eigenvalue weighted by Gasteiger charge is -2.38. The third-order valence-electron chi connectivity index (χ3n) is 7.46. The van der Waals surface area contributed by atoms with Gasteiger partial charge in [-0.3, -0.25) is 9.59 Å². The summed E-state index contributed by atoms with van der Waals surface area (Å²) in [7, 11) is 1.69. The average Bonchev–Trinajstić information content (AvgIpc) is 3.06. The van der Waals surface area contributed by atoms with Crippen molar-refractivity contribution in [1.82, 2.24) is 5.32 Å². The van der Waals surface area contributed by atoms with Gasteiger partial charge < -0.3 is 29.9 Å². The molecule has 0 atom stereocenters. The molecular formula is C35H38N4O4. The Labute approximate surface area is 253 Å². The fourth-order valence-electron chi connectivity index (χ4n) is 5.24. The lowest BCUT2D eigenvalue weighted by molar-refractivity contribution is -0.121. The first kappa shape index (κ1) is 29.7. The van der Waals surface area contributed by atoms with Gasteiger partial charge in [-0.05, 0) is 47.9 Å². The normalized spacial score (nSPS) is 13.0. The first-order chi connectivity index (χ1) is 21.1. The summed E-state index contributed by atoms with van der Waals surface area (Å²) in [5.41, 5.74) is 5.15. The molecule has 4 aromatic carbocycles. The minimum absolute atomic E-state index is 0.0832. The maximum atomic E-state index is 13.5. The molecule has 0 spiro atoms. The molecule has 0 unspecified atom stereocenters. The molecule has 0 aromatic heterocycles. The van der Waals surface area contributed by atoms with Crippen molar-refractivity contribution in [2.45, 2.75) is 13.0 Å². The van der Waals surface area contributed by atoms with E-state index in [1.807, 2.05) is 78.9 Å². The molecule has 2 amide bonds. The molecule has 43 heavy (non-hydrogen) atoms. The first-order valence-corrected chi connectivity index (χ1v) is 14.6. The lowest BCUT2D eigenvalue weighted by atomic mass is 10.1. The fraction of sp³-hybridized carbons (Fsp3) is 0.257. The first-order valence-electron chi connectivity index (χ1n) is 14.6. The number of nitrogens with one attached hydrogen (secondary N) is 2. The maximum Gasteiger partial charge on any atom is 0.253 e. The van der Waals surface area contributed by atoms with Gasteiger partial charge in [0, 0.05) is 44.1 Å². The minimum Gasteiger partial charge on any atom is -0.495 e. The quantitative estimate of drug-likeness (QED) is 0.242. The summed E-state index contributed by atoms with van der Waals surface area (Å²) >= 11 is 0. The molecule has 1 heterocycles. The predicted molar refractivity (Wildman–Crippen MR) is 171 cm³/mol. The van der Waals surface area contributed by atoms with Gasteiger partial charge in [0.2, 0.25) is 5.91 Å². The van der Waals surface area contributed by atoms with Crippen LogP contribution in [-0.2, 0) is 22.6 Å². The summed E-state index contributed by atoms with van der Waals surface area (Å²) < 4.78 is 11.2. The van der Waals surface area contributed by atoms with Crippen molar-refractivity contribution in [2.75, 3.05) is 61.6 Å². The molecule has 0 aliphatic carbocycles. The van der Waals surface area contributed by atoms with E-state index in [0.29, 0.717) is 24.4 Å². The van der Waals surface area contributed by atoms with E-state index in [1.54, 1.807) is 13.2 Å². The molecule has 5 rings (SSSR count). The third-order valence-corrected chi connectivity index (χ3v) is 7.46. The molecule has 0 bridgehead atoms. The van der Waals surface area contributed by atoms with E-state index in [9.17, 15) is 9.59 Å². The lowest BCUT2D eigenvalue weighted by Crippen LogP contribution is -2.47. The van der Waals surface area contributed by atoms with Crippen molar-refractivity contribution in [3.8, 4) is 5.75 Å². The van der Waals surface area contributed by atoms with Crippen LogP contribution in [0.5, 0.6) is 5.75 Å². The fourth-order valence-corrected chi connectivity index (χ4v) is 5.24. The molecule has 8 heteroatoms. The number of anilines is 3. The van der Waals surface area contributed by atoms with Gasteiger partial charge in [-0.1, -0.05) is 72.8 Å². The zero-order valence-corrected chi connectivity index (χ0v) is 24.5. The highest BCUT2D eigenvalue weighted by atomic mass is 16.5. The van der Waals surface area contributed by atoms with Crippen LogP contribution in [0.3, 0.4) is 0 Å².